The maximum atomic E-state index is 6.03. The SMILES string of the molecule is CCC(C)(C)c1ccc(-c2nc3cc(-c4ccc5oc(C(C)(C)C)nc5c4)ccc3o2)cn1. The lowest BCUT2D eigenvalue weighted by atomic mass is 9.86. The summed E-state index contributed by atoms with van der Waals surface area (Å²) in [6.45, 7) is 12.9. The third-order valence-corrected chi connectivity index (χ3v) is 6.34. The summed E-state index contributed by atoms with van der Waals surface area (Å²) in [4.78, 5) is 14.1. The zero-order valence-electron chi connectivity index (χ0n) is 20.1. The Hall–Kier alpha value is -3.47. The van der Waals surface area contributed by atoms with E-state index in [4.69, 9.17) is 18.8 Å². The van der Waals surface area contributed by atoms with Crippen molar-refractivity contribution in [2.24, 2.45) is 0 Å². The minimum absolute atomic E-state index is 0.0489. The lowest BCUT2D eigenvalue weighted by Crippen LogP contribution is -2.17. The number of nitrogens with zero attached hydrogens (tertiary/aromatic N) is 3. The Balaban J connectivity index is 1.48. The highest BCUT2D eigenvalue weighted by Crippen LogP contribution is 2.32. The molecule has 0 aliphatic carbocycles. The fourth-order valence-electron chi connectivity index (χ4n) is 3.76. The maximum absolute atomic E-state index is 6.03. The number of benzene rings is 2. The fourth-order valence-corrected chi connectivity index (χ4v) is 3.76. The van der Waals surface area contributed by atoms with Gasteiger partial charge in [-0.2, -0.15) is 0 Å². The molecule has 5 aromatic rings. The zero-order valence-corrected chi connectivity index (χ0v) is 20.1. The van der Waals surface area contributed by atoms with E-state index in [2.05, 4.69) is 70.8 Å². The van der Waals surface area contributed by atoms with E-state index in [1.165, 1.54) is 0 Å². The number of pyridine rings is 1. The quantitative estimate of drug-likeness (QED) is 0.287. The van der Waals surface area contributed by atoms with Gasteiger partial charge in [0.2, 0.25) is 11.8 Å². The molecule has 3 aromatic heterocycles. The Labute approximate surface area is 193 Å². The largest absolute Gasteiger partial charge is 0.440 e. The van der Waals surface area contributed by atoms with Gasteiger partial charge in [-0.25, -0.2) is 9.97 Å². The van der Waals surface area contributed by atoms with Crippen LogP contribution in [0.3, 0.4) is 0 Å². The Kier molecular flexibility index (Phi) is 4.89. The molecule has 0 aliphatic rings. The third kappa shape index (κ3) is 3.92. The lowest BCUT2D eigenvalue weighted by molar-refractivity contribution is 0.411. The molecule has 0 atom stereocenters. The van der Waals surface area contributed by atoms with Crippen LogP contribution in [-0.4, -0.2) is 15.0 Å². The van der Waals surface area contributed by atoms with Gasteiger partial charge < -0.3 is 8.83 Å². The van der Waals surface area contributed by atoms with Gasteiger partial charge in [-0.3, -0.25) is 4.98 Å². The minimum Gasteiger partial charge on any atom is -0.440 e. The Morgan fingerprint density at radius 3 is 1.91 bits per heavy atom. The number of aromatic nitrogens is 3. The van der Waals surface area contributed by atoms with E-state index in [1.54, 1.807) is 0 Å². The molecule has 0 saturated carbocycles. The van der Waals surface area contributed by atoms with E-state index in [0.29, 0.717) is 5.89 Å². The van der Waals surface area contributed by atoms with E-state index in [0.717, 1.165) is 56.9 Å². The highest BCUT2D eigenvalue weighted by Gasteiger charge is 2.22. The molecule has 168 valence electrons. The Bertz CT molecular complexity index is 1450. The monoisotopic (exact) mass is 439 g/mol. The van der Waals surface area contributed by atoms with Crippen molar-refractivity contribution >= 4 is 22.2 Å². The van der Waals surface area contributed by atoms with Gasteiger partial charge >= 0.3 is 0 Å². The summed E-state index contributed by atoms with van der Waals surface area (Å²) in [6.07, 6.45) is 2.88. The van der Waals surface area contributed by atoms with Gasteiger partial charge in [-0.05, 0) is 53.9 Å². The summed E-state index contributed by atoms with van der Waals surface area (Å²) in [5.74, 6) is 1.32. The summed E-state index contributed by atoms with van der Waals surface area (Å²) >= 11 is 0. The second-order valence-electron chi connectivity index (χ2n) is 10.3. The van der Waals surface area contributed by atoms with Crippen molar-refractivity contribution in [1.82, 2.24) is 15.0 Å². The van der Waals surface area contributed by atoms with Crippen molar-refractivity contribution in [3.05, 3.63) is 66.3 Å². The van der Waals surface area contributed by atoms with Crippen LogP contribution < -0.4 is 0 Å². The van der Waals surface area contributed by atoms with Crippen LogP contribution in [0.2, 0.25) is 0 Å². The average Bonchev–Trinajstić information content (AvgIpc) is 3.42. The first-order valence-corrected chi connectivity index (χ1v) is 11.4. The van der Waals surface area contributed by atoms with Crippen LogP contribution in [0.5, 0.6) is 0 Å². The third-order valence-electron chi connectivity index (χ3n) is 6.34. The molecule has 0 spiro atoms. The summed E-state index contributed by atoms with van der Waals surface area (Å²) in [6, 6.07) is 16.3. The van der Waals surface area contributed by atoms with Gasteiger partial charge in [0.15, 0.2) is 11.2 Å². The van der Waals surface area contributed by atoms with E-state index in [-0.39, 0.29) is 10.8 Å². The van der Waals surface area contributed by atoms with Gasteiger partial charge in [0.05, 0.1) is 5.56 Å². The smallest absolute Gasteiger partial charge is 0.228 e. The molecule has 5 rings (SSSR count). The van der Waals surface area contributed by atoms with Gasteiger partial charge in [0, 0.05) is 22.7 Å². The minimum atomic E-state index is -0.130. The number of hydrogen-bond donors (Lipinski definition) is 0. The Morgan fingerprint density at radius 1 is 0.727 bits per heavy atom. The number of oxazole rings is 2. The maximum Gasteiger partial charge on any atom is 0.228 e. The highest BCUT2D eigenvalue weighted by molar-refractivity contribution is 5.85. The molecular formula is C28H29N3O2. The van der Waals surface area contributed by atoms with Crippen LogP contribution >= 0.6 is 0 Å². The van der Waals surface area contributed by atoms with Crippen LogP contribution in [0, 0.1) is 0 Å². The Morgan fingerprint density at radius 2 is 1.33 bits per heavy atom. The molecule has 0 fully saturated rings. The summed E-state index contributed by atoms with van der Waals surface area (Å²) in [5, 5.41) is 0. The van der Waals surface area contributed by atoms with Gasteiger partial charge in [-0.1, -0.05) is 53.7 Å². The fraction of sp³-hybridized carbons (Fsp3) is 0.321. The summed E-state index contributed by atoms with van der Waals surface area (Å²) < 4.78 is 12.0. The first-order chi connectivity index (χ1) is 15.6. The van der Waals surface area contributed by atoms with Crippen molar-refractivity contribution in [3.63, 3.8) is 0 Å². The van der Waals surface area contributed by atoms with Gasteiger partial charge in [0.1, 0.15) is 11.0 Å². The van der Waals surface area contributed by atoms with E-state index in [9.17, 15) is 0 Å². The van der Waals surface area contributed by atoms with E-state index >= 15 is 0 Å². The predicted octanol–water partition coefficient (Wildman–Crippen LogP) is 7.68. The number of hydrogen-bond acceptors (Lipinski definition) is 5. The molecule has 0 radical (unpaired) electrons. The molecule has 0 N–H and O–H groups in total. The molecular weight excluding hydrogens is 410 g/mol. The molecule has 0 bridgehead atoms. The molecule has 5 heteroatoms. The van der Waals surface area contributed by atoms with Crippen LogP contribution in [0.1, 0.15) is 59.5 Å². The molecule has 33 heavy (non-hydrogen) atoms. The summed E-state index contributed by atoms with van der Waals surface area (Å²) in [5.41, 5.74) is 7.22. The average molecular weight is 440 g/mol. The lowest BCUT2D eigenvalue weighted by Gasteiger charge is -2.21. The highest BCUT2D eigenvalue weighted by atomic mass is 16.4. The molecule has 0 aliphatic heterocycles. The number of rotatable bonds is 4. The molecule has 0 unspecified atom stereocenters. The first kappa shape index (κ1) is 21.4. The van der Waals surface area contributed by atoms with Crippen molar-refractivity contribution in [1.29, 1.82) is 0 Å². The van der Waals surface area contributed by atoms with Crippen molar-refractivity contribution in [2.75, 3.05) is 0 Å². The van der Waals surface area contributed by atoms with Gasteiger partial charge in [0.25, 0.3) is 0 Å². The standard InChI is InChI=1S/C28H29N3O2/c1-7-28(5,6)24-13-10-19(16-29-24)25-30-20-14-17(8-11-22(20)32-25)18-9-12-23-21(15-18)31-26(33-23)27(2,3)4/h8-16H,7H2,1-6H3. The van der Waals surface area contributed by atoms with E-state index in [1.807, 2.05) is 30.5 Å². The van der Waals surface area contributed by atoms with Gasteiger partial charge in [-0.15, -0.1) is 0 Å². The van der Waals surface area contributed by atoms with Crippen LogP contribution in [-0.2, 0) is 10.8 Å². The zero-order chi connectivity index (χ0) is 23.4. The van der Waals surface area contributed by atoms with Crippen molar-refractivity contribution in [2.45, 2.75) is 58.8 Å². The second-order valence-corrected chi connectivity index (χ2v) is 10.3. The normalized spacial score (nSPS) is 12.7. The molecule has 0 amide bonds. The van der Waals surface area contributed by atoms with Crippen LogP contribution in [0.25, 0.3) is 44.8 Å². The molecule has 2 aromatic carbocycles. The number of fused-ring (bicyclic) bond motifs is 2. The van der Waals surface area contributed by atoms with Crippen molar-refractivity contribution < 1.29 is 8.83 Å². The van der Waals surface area contributed by atoms with Crippen LogP contribution in [0.4, 0.5) is 0 Å². The first-order valence-electron chi connectivity index (χ1n) is 11.4. The summed E-state index contributed by atoms with van der Waals surface area (Å²) in [7, 11) is 0. The molecule has 5 nitrogen and oxygen atoms in total. The van der Waals surface area contributed by atoms with Crippen molar-refractivity contribution in [3.8, 4) is 22.6 Å². The molecule has 0 saturated heterocycles. The second kappa shape index (κ2) is 7.55. The predicted molar refractivity (Wildman–Crippen MR) is 132 cm³/mol. The van der Waals surface area contributed by atoms with Crippen LogP contribution in [0.15, 0.2) is 63.6 Å². The topological polar surface area (TPSA) is 65.0 Å². The van der Waals surface area contributed by atoms with E-state index < -0.39 is 0 Å². The molecule has 3 heterocycles.